The summed E-state index contributed by atoms with van der Waals surface area (Å²) in [6, 6.07) is 8.12. The Labute approximate surface area is 95.0 Å². The number of hydrogen-bond donors (Lipinski definition) is 1. The fourth-order valence-corrected chi connectivity index (χ4v) is 2.36. The molecule has 0 saturated heterocycles. The van der Waals surface area contributed by atoms with Crippen LogP contribution in [0.15, 0.2) is 18.2 Å². The van der Waals surface area contributed by atoms with Crippen LogP contribution in [0.1, 0.15) is 24.8 Å². The fourth-order valence-electron chi connectivity index (χ4n) is 2.36. The lowest BCUT2D eigenvalue weighted by atomic mass is 9.79. The first-order valence-corrected chi connectivity index (χ1v) is 5.80. The van der Waals surface area contributed by atoms with Gasteiger partial charge in [0, 0.05) is 0 Å². The van der Waals surface area contributed by atoms with E-state index in [4.69, 9.17) is 10.00 Å². The van der Waals surface area contributed by atoms with E-state index in [-0.39, 0.29) is 0 Å². The second-order valence-electron chi connectivity index (χ2n) is 4.58. The molecule has 0 amide bonds. The number of nitriles is 1. The molecule has 16 heavy (non-hydrogen) atoms. The highest BCUT2D eigenvalue weighted by atomic mass is 16.5. The molecular formula is C13H14N2O. The predicted molar refractivity (Wildman–Crippen MR) is 61.4 cm³/mol. The van der Waals surface area contributed by atoms with Gasteiger partial charge >= 0.3 is 0 Å². The van der Waals surface area contributed by atoms with Crippen molar-refractivity contribution in [3.05, 3.63) is 23.8 Å². The Balaban J connectivity index is 1.83. The first-order valence-electron chi connectivity index (χ1n) is 5.80. The lowest BCUT2D eigenvalue weighted by Crippen LogP contribution is -2.40. The summed E-state index contributed by atoms with van der Waals surface area (Å²) in [5, 5.41) is 12.4. The Hall–Kier alpha value is -1.69. The molecule has 2 aliphatic rings. The van der Waals surface area contributed by atoms with Gasteiger partial charge in [-0.1, -0.05) is 6.42 Å². The fraction of sp³-hybridized carbons (Fsp3) is 0.462. The Morgan fingerprint density at radius 3 is 2.94 bits per heavy atom. The maximum atomic E-state index is 8.85. The van der Waals surface area contributed by atoms with Crippen molar-refractivity contribution in [2.45, 2.75) is 25.3 Å². The zero-order valence-electron chi connectivity index (χ0n) is 9.07. The molecule has 0 aromatic heterocycles. The molecule has 1 heterocycles. The Morgan fingerprint density at radius 1 is 1.38 bits per heavy atom. The van der Waals surface area contributed by atoms with Gasteiger partial charge in [-0.2, -0.15) is 5.26 Å². The van der Waals surface area contributed by atoms with Gasteiger partial charge in [0.1, 0.15) is 12.4 Å². The van der Waals surface area contributed by atoms with Crippen LogP contribution in [0.3, 0.4) is 0 Å². The van der Waals surface area contributed by atoms with E-state index >= 15 is 0 Å². The molecule has 3 rings (SSSR count). The highest BCUT2D eigenvalue weighted by Crippen LogP contribution is 2.37. The monoisotopic (exact) mass is 214 g/mol. The summed E-state index contributed by atoms with van der Waals surface area (Å²) in [7, 11) is 0. The second kappa shape index (κ2) is 3.71. The molecule has 1 N–H and O–H groups in total. The largest absolute Gasteiger partial charge is 0.489 e. The van der Waals surface area contributed by atoms with E-state index < -0.39 is 0 Å². The van der Waals surface area contributed by atoms with Crippen LogP contribution in [0.2, 0.25) is 0 Å². The van der Waals surface area contributed by atoms with Crippen LogP contribution in [0.25, 0.3) is 0 Å². The summed E-state index contributed by atoms with van der Waals surface area (Å²) in [4.78, 5) is 0. The van der Waals surface area contributed by atoms with Crippen LogP contribution >= 0.6 is 0 Å². The highest BCUT2D eigenvalue weighted by Gasteiger charge is 2.30. The number of benzene rings is 1. The van der Waals surface area contributed by atoms with Crippen molar-refractivity contribution < 1.29 is 4.74 Å². The molecular weight excluding hydrogens is 200 g/mol. The first kappa shape index (κ1) is 9.53. The average Bonchev–Trinajstić information content (AvgIpc) is 2.26. The molecule has 1 atom stereocenters. The van der Waals surface area contributed by atoms with Crippen molar-refractivity contribution in [1.82, 2.24) is 0 Å². The van der Waals surface area contributed by atoms with Crippen LogP contribution in [0.5, 0.6) is 5.75 Å². The lowest BCUT2D eigenvalue weighted by molar-refractivity contribution is 0.191. The van der Waals surface area contributed by atoms with E-state index in [1.807, 2.05) is 12.1 Å². The van der Waals surface area contributed by atoms with E-state index in [2.05, 4.69) is 11.4 Å². The third-order valence-corrected chi connectivity index (χ3v) is 3.59. The van der Waals surface area contributed by atoms with Gasteiger partial charge in [0.2, 0.25) is 0 Å². The van der Waals surface area contributed by atoms with Crippen LogP contribution in [0.4, 0.5) is 5.69 Å². The molecule has 3 heteroatoms. The molecule has 1 saturated carbocycles. The molecule has 3 nitrogen and oxygen atoms in total. The molecule has 0 radical (unpaired) electrons. The van der Waals surface area contributed by atoms with Crippen molar-refractivity contribution in [2.75, 3.05) is 11.9 Å². The first-order chi connectivity index (χ1) is 7.86. The molecule has 82 valence electrons. The molecule has 1 aromatic rings. The van der Waals surface area contributed by atoms with Crippen molar-refractivity contribution >= 4 is 5.69 Å². The number of rotatable bonds is 1. The molecule has 1 fully saturated rings. The number of anilines is 1. The van der Waals surface area contributed by atoms with E-state index in [1.54, 1.807) is 6.07 Å². The van der Waals surface area contributed by atoms with Gasteiger partial charge in [0.25, 0.3) is 0 Å². The van der Waals surface area contributed by atoms with Gasteiger partial charge in [-0.05, 0) is 37.0 Å². The van der Waals surface area contributed by atoms with Crippen LogP contribution in [-0.2, 0) is 0 Å². The third kappa shape index (κ3) is 1.51. The standard InChI is InChI=1S/C13H14N2O/c14-7-9-4-5-13-11(6-9)15-12(8-16-13)10-2-1-3-10/h4-6,10,12,15H,1-3,8H2. The Bertz CT molecular complexity index is 446. The summed E-state index contributed by atoms with van der Waals surface area (Å²) in [5.41, 5.74) is 1.66. The zero-order chi connectivity index (χ0) is 11.0. The topological polar surface area (TPSA) is 45.0 Å². The molecule has 0 spiro atoms. The Kier molecular flexibility index (Phi) is 2.21. The van der Waals surface area contributed by atoms with E-state index in [0.29, 0.717) is 11.6 Å². The number of hydrogen-bond acceptors (Lipinski definition) is 3. The number of ether oxygens (including phenoxy) is 1. The number of nitrogens with one attached hydrogen (secondary N) is 1. The summed E-state index contributed by atoms with van der Waals surface area (Å²) in [6.45, 7) is 0.754. The van der Waals surface area contributed by atoms with E-state index in [9.17, 15) is 0 Å². The van der Waals surface area contributed by atoms with Gasteiger partial charge in [-0.3, -0.25) is 0 Å². The molecule has 0 bridgehead atoms. The van der Waals surface area contributed by atoms with Crippen LogP contribution in [-0.4, -0.2) is 12.6 Å². The smallest absolute Gasteiger partial charge is 0.142 e. The number of nitrogens with zero attached hydrogens (tertiary/aromatic N) is 1. The normalized spacial score (nSPS) is 23.3. The maximum Gasteiger partial charge on any atom is 0.142 e. The van der Waals surface area contributed by atoms with Gasteiger partial charge in [-0.15, -0.1) is 0 Å². The van der Waals surface area contributed by atoms with Crippen LogP contribution in [0, 0.1) is 17.2 Å². The van der Waals surface area contributed by atoms with E-state index in [0.717, 1.165) is 24.0 Å². The highest BCUT2D eigenvalue weighted by molar-refractivity contribution is 5.61. The minimum absolute atomic E-state index is 0.426. The SMILES string of the molecule is N#Cc1ccc2c(c1)NC(C1CCC1)CO2. The van der Waals surface area contributed by atoms with Crippen molar-refractivity contribution in [3.8, 4) is 11.8 Å². The Morgan fingerprint density at radius 2 is 2.25 bits per heavy atom. The second-order valence-corrected chi connectivity index (χ2v) is 4.58. The molecule has 1 unspecified atom stereocenters. The zero-order valence-corrected chi connectivity index (χ0v) is 9.07. The molecule has 1 aliphatic carbocycles. The lowest BCUT2D eigenvalue weighted by Gasteiger charge is -2.37. The van der Waals surface area contributed by atoms with Gasteiger partial charge < -0.3 is 10.1 Å². The summed E-state index contributed by atoms with van der Waals surface area (Å²) < 4.78 is 5.72. The minimum Gasteiger partial charge on any atom is -0.489 e. The van der Waals surface area contributed by atoms with Crippen molar-refractivity contribution in [2.24, 2.45) is 5.92 Å². The molecule has 1 aromatic carbocycles. The van der Waals surface area contributed by atoms with Crippen molar-refractivity contribution in [3.63, 3.8) is 0 Å². The minimum atomic E-state index is 0.426. The predicted octanol–water partition coefficient (Wildman–Crippen LogP) is 2.53. The van der Waals surface area contributed by atoms with Crippen molar-refractivity contribution in [1.29, 1.82) is 5.26 Å². The summed E-state index contributed by atoms with van der Waals surface area (Å²) >= 11 is 0. The van der Waals surface area contributed by atoms with Gasteiger partial charge in [0.15, 0.2) is 0 Å². The average molecular weight is 214 g/mol. The maximum absolute atomic E-state index is 8.85. The van der Waals surface area contributed by atoms with E-state index in [1.165, 1.54) is 19.3 Å². The van der Waals surface area contributed by atoms with Crippen LogP contribution < -0.4 is 10.1 Å². The quantitative estimate of drug-likeness (QED) is 0.781. The summed E-state index contributed by atoms with van der Waals surface area (Å²) in [5.74, 6) is 1.62. The number of fused-ring (bicyclic) bond motifs is 1. The van der Waals surface area contributed by atoms with Gasteiger partial charge in [0.05, 0.1) is 23.4 Å². The molecule has 1 aliphatic heterocycles. The third-order valence-electron chi connectivity index (χ3n) is 3.59. The summed E-state index contributed by atoms with van der Waals surface area (Å²) in [6.07, 6.45) is 3.94. The van der Waals surface area contributed by atoms with Gasteiger partial charge in [-0.25, -0.2) is 0 Å².